The largest absolute Gasteiger partial charge is 0.480 e. The highest BCUT2D eigenvalue weighted by molar-refractivity contribution is 6.30. The van der Waals surface area contributed by atoms with Crippen molar-refractivity contribution in [3.63, 3.8) is 0 Å². The summed E-state index contributed by atoms with van der Waals surface area (Å²) in [4.78, 5) is 8.49. The summed E-state index contributed by atoms with van der Waals surface area (Å²) in [6.45, 7) is 0. The minimum atomic E-state index is -0.104. The van der Waals surface area contributed by atoms with Gasteiger partial charge in [-0.2, -0.15) is 0 Å². The van der Waals surface area contributed by atoms with Crippen LogP contribution in [-0.2, 0) is 0 Å². The van der Waals surface area contributed by atoms with Gasteiger partial charge in [-0.1, -0.05) is 23.7 Å². The fraction of sp³-hybridized carbons (Fsp3) is 0.231. The lowest BCUT2D eigenvalue weighted by atomic mass is 10.0. The van der Waals surface area contributed by atoms with E-state index in [0.29, 0.717) is 10.9 Å². The van der Waals surface area contributed by atoms with Gasteiger partial charge in [0.1, 0.15) is 5.69 Å². The highest BCUT2D eigenvalue weighted by Gasteiger charge is 2.18. The third-order valence-electron chi connectivity index (χ3n) is 2.63. The SMILES string of the molecule is CNC(c1cccc(Cl)c1)c1nccnc1OC. The molecule has 0 amide bonds. The quantitative estimate of drug-likeness (QED) is 0.920. The van der Waals surface area contributed by atoms with E-state index < -0.39 is 0 Å². The van der Waals surface area contributed by atoms with Gasteiger partial charge in [0.2, 0.25) is 5.88 Å². The second-order valence-corrected chi connectivity index (χ2v) is 4.16. The van der Waals surface area contributed by atoms with Crippen molar-refractivity contribution in [1.82, 2.24) is 15.3 Å². The van der Waals surface area contributed by atoms with Crippen LogP contribution < -0.4 is 10.1 Å². The van der Waals surface area contributed by atoms with Gasteiger partial charge in [0.05, 0.1) is 13.2 Å². The summed E-state index contributed by atoms with van der Waals surface area (Å²) >= 11 is 6.01. The van der Waals surface area contributed by atoms with Gasteiger partial charge < -0.3 is 10.1 Å². The standard InChI is InChI=1S/C13H14ClN3O/c1-15-11(9-4-3-5-10(14)8-9)12-13(18-2)17-7-6-16-12/h3-8,11,15H,1-2H3. The summed E-state index contributed by atoms with van der Waals surface area (Å²) in [5.74, 6) is 0.511. The predicted molar refractivity (Wildman–Crippen MR) is 70.9 cm³/mol. The highest BCUT2D eigenvalue weighted by atomic mass is 35.5. The number of nitrogens with zero attached hydrogens (tertiary/aromatic N) is 2. The van der Waals surface area contributed by atoms with Crippen LogP contribution in [0.1, 0.15) is 17.3 Å². The fourth-order valence-corrected chi connectivity index (χ4v) is 2.04. The molecule has 0 saturated carbocycles. The van der Waals surface area contributed by atoms with Crippen LogP contribution in [0.5, 0.6) is 5.88 Å². The molecule has 1 N–H and O–H groups in total. The number of hydrogen-bond donors (Lipinski definition) is 1. The van der Waals surface area contributed by atoms with E-state index in [4.69, 9.17) is 16.3 Å². The second kappa shape index (κ2) is 5.80. The Morgan fingerprint density at radius 2 is 2.06 bits per heavy atom. The van der Waals surface area contributed by atoms with Crippen molar-refractivity contribution in [2.75, 3.05) is 14.2 Å². The van der Waals surface area contributed by atoms with Gasteiger partial charge in [-0.25, -0.2) is 4.98 Å². The Hall–Kier alpha value is -1.65. The van der Waals surface area contributed by atoms with Crippen molar-refractivity contribution in [3.8, 4) is 5.88 Å². The average Bonchev–Trinajstić information content (AvgIpc) is 2.40. The van der Waals surface area contributed by atoms with Gasteiger partial charge >= 0.3 is 0 Å². The highest BCUT2D eigenvalue weighted by Crippen LogP contribution is 2.27. The van der Waals surface area contributed by atoms with E-state index in [1.807, 2.05) is 31.3 Å². The lowest BCUT2D eigenvalue weighted by Gasteiger charge is -2.17. The third-order valence-corrected chi connectivity index (χ3v) is 2.86. The van der Waals surface area contributed by atoms with Gasteiger partial charge in [0, 0.05) is 17.4 Å². The van der Waals surface area contributed by atoms with E-state index in [9.17, 15) is 0 Å². The second-order valence-electron chi connectivity index (χ2n) is 3.73. The molecule has 2 aromatic rings. The number of aromatic nitrogens is 2. The Kier molecular flexibility index (Phi) is 4.12. The first-order chi connectivity index (χ1) is 8.76. The maximum atomic E-state index is 6.01. The number of nitrogens with one attached hydrogen (secondary N) is 1. The number of ether oxygens (including phenoxy) is 1. The van der Waals surface area contributed by atoms with E-state index >= 15 is 0 Å². The fourth-order valence-electron chi connectivity index (χ4n) is 1.84. The van der Waals surface area contributed by atoms with Crippen molar-refractivity contribution in [3.05, 3.63) is 52.9 Å². The zero-order valence-electron chi connectivity index (χ0n) is 10.2. The summed E-state index contributed by atoms with van der Waals surface area (Å²) in [6, 6.07) is 7.53. The maximum absolute atomic E-state index is 6.01. The first-order valence-electron chi connectivity index (χ1n) is 5.54. The third kappa shape index (κ3) is 2.60. The molecule has 4 nitrogen and oxygen atoms in total. The molecule has 1 aromatic carbocycles. The molecule has 94 valence electrons. The molecule has 0 bridgehead atoms. The van der Waals surface area contributed by atoms with Crippen molar-refractivity contribution in [2.45, 2.75) is 6.04 Å². The molecule has 0 aliphatic carbocycles. The monoisotopic (exact) mass is 263 g/mol. The number of benzene rings is 1. The summed E-state index contributed by atoms with van der Waals surface area (Å²) in [6.07, 6.45) is 3.25. The number of hydrogen-bond acceptors (Lipinski definition) is 4. The molecule has 0 radical (unpaired) electrons. The van der Waals surface area contributed by atoms with E-state index in [1.165, 1.54) is 0 Å². The zero-order valence-corrected chi connectivity index (χ0v) is 11.0. The van der Waals surface area contributed by atoms with Crippen molar-refractivity contribution >= 4 is 11.6 Å². The topological polar surface area (TPSA) is 47.0 Å². The Morgan fingerprint density at radius 1 is 1.28 bits per heavy atom. The molecule has 1 unspecified atom stereocenters. The molecular weight excluding hydrogens is 250 g/mol. The molecule has 1 atom stereocenters. The lowest BCUT2D eigenvalue weighted by Crippen LogP contribution is -2.20. The summed E-state index contributed by atoms with van der Waals surface area (Å²) in [7, 11) is 3.44. The summed E-state index contributed by atoms with van der Waals surface area (Å²) in [5.41, 5.74) is 1.76. The van der Waals surface area contributed by atoms with Crippen LogP contribution in [0.3, 0.4) is 0 Å². The van der Waals surface area contributed by atoms with Crippen molar-refractivity contribution in [2.24, 2.45) is 0 Å². The normalized spacial score (nSPS) is 12.2. The zero-order chi connectivity index (χ0) is 13.0. The molecule has 0 aliphatic heterocycles. The van der Waals surface area contributed by atoms with Gasteiger partial charge in [0.25, 0.3) is 0 Å². The molecule has 0 saturated heterocycles. The van der Waals surface area contributed by atoms with Crippen LogP contribution in [0, 0.1) is 0 Å². The average molecular weight is 264 g/mol. The molecule has 1 heterocycles. The molecule has 0 aliphatic rings. The smallest absolute Gasteiger partial charge is 0.237 e. The predicted octanol–water partition coefficient (Wildman–Crippen LogP) is 2.45. The number of halogens is 1. The van der Waals surface area contributed by atoms with Gasteiger partial charge in [-0.3, -0.25) is 4.98 Å². The van der Waals surface area contributed by atoms with E-state index in [1.54, 1.807) is 19.5 Å². The first kappa shape index (κ1) is 12.8. The molecule has 0 fully saturated rings. The maximum Gasteiger partial charge on any atom is 0.237 e. The van der Waals surface area contributed by atoms with E-state index in [-0.39, 0.29) is 6.04 Å². The van der Waals surface area contributed by atoms with Crippen LogP contribution in [0.2, 0.25) is 5.02 Å². The van der Waals surface area contributed by atoms with Gasteiger partial charge in [0.15, 0.2) is 0 Å². The number of methoxy groups -OCH3 is 1. The number of rotatable bonds is 4. The molecule has 18 heavy (non-hydrogen) atoms. The minimum absolute atomic E-state index is 0.104. The van der Waals surface area contributed by atoms with Gasteiger partial charge in [-0.05, 0) is 24.7 Å². The Labute approximate surface area is 111 Å². The lowest BCUT2D eigenvalue weighted by molar-refractivity contribution is 0.384. The van der Waals surface area contributed by atoms with Crippen LogP contribution >= 0.6 is 11.6 Å². The molecular formula is C13H14ClN3O. The molecule has 5 heteroatoms. The minimum Gasteiger partial charge on any atom is -0.480 e. The molecule has 2 rings (SSSR count). The van der Waals surface area contributed by atoms with Gasteiger partial charge in [-0.15, -0.1) is 0 Å². The van der Waals surface area contributed by atoms with Crippen molar-refractivity contribution in [1.29, 1.82) is 0 Å². The van der Waals surface area contributed by atoms with Crippen LogP contribution in [-0.4, -0.2) is 24.1 Å². The Bertz CT molecular complexity index is 533. The van der Waals surface area contributed by atoms with Crippen LogP contribution in [0.25, 0.3) is 0 Å². The van der Waals surface area contributed by atoms with Crippen molar-refractivity contribution < 1.29 is 4.74 Å². The summed E-state index contributed by atoms with van der Waals surface area (Å²) in [5, 5.41) is 3.89. The summed E-state index contributed by atoms with van der Waals surface area (Å²) < 4.78 is 5.23. The molecule has 0 spiro atoms. The van der Waals surface area contributed by atoms with Crippen LogP contribution in [0.15, 0.2) is 36.7 Å². The Morgan fingerprint density at radius 3 is 2.72 bits per heavy atom. The van der Waals surface area contributed by atoms with Crippen LogP contribution in [0.4, 0.5) is 0 Å². The van der Waals surface area contributed by atoms with E-state index in [0.717, 1.165) is 11.3 Å². The van der Waals surface area contributed by atoms with E-state index in [2.05, 4.69) is 15.3 Å². The molecule has 1 aromatic heterocycles. The Balaban J connectivity index is 2.45. The first-order valence-corrected chi connectivity index (χ1v) is 5.91.